The van der Waals surface area contributed by atoms with Gasteiger partial charge in [-0.2, -0.15) is 0 Å². The number of rotatable bonds is 2. The monoisotopic (exact) mass is 196 g/mol. The first-order chi connectivity index (χ1) is 6.15. The van der Waals surface area contributed by atoms with E-state index in [1.807, 2.05) is 0 Å². The van der Waals surface area contributed by atoms with E-state index < -0.39 is 4.92 Å². The molecule has 13 heavy (non-hydrogen) atoms. The van der Waals surface area contributed by atoms with Crippen LogP contribution in [0.25, 0.3) is 0 Å². The van der Waals surface area contributed by atoms with Crippen molar-refractivity contribution in [1.29, 1.82) is 0 Å². The summed E-state index contributed by atoms with van der Waals surface area (Å²) < 4.78 is 0. The van der Waals surface area contributed by atoms with Crippen LogP contribution in [0.15, 0.2) is 24.3 Å². The van der Waals surface area contributed by atoms with E-state index in [1.54, 1.807) is 19.2 Å². The van der Waals surface area contributed by atoms with Crippen molar-refractivity contribution >= 4 is 22.9 Å². The first-order valence-electron chi connectivity index (χ1n) is 3.61. The lowest BCUT2D eigenvalue weighted by Crippen LogP contribution is -2.16. The third kappa shape index (κ3) is 2.22. The highest BCUT2D eigenvalue weighted by Gasteiger charge is 2.04. The normalized spacial score (nSPS) is 9.31. The van der Waals surface area contributed by atoms with E-state index in [0.717, 1.165) is 5.56 Å². The van der Waals surface area contributed by atoms with Gasteiger partial charge in [0.05, 0.1) is 4.92 Å². The van der Waals surface area contributed by atoms with Crippen molar-refractivity contribution in [2.45, 2.75) is 0 Å². The van der Waals surface area contributed by atoms with Crippen molar-refractivity contribution < 1.29 is 4.92 Å². The van der Waals surface area contributed by atoms with Gasteiger partial charge in [0, 0.05) is 24.7 Å². The number of nitro benzene ring substituents is 1. The standard InChI is InChI=1S/C8H8N2O2S/c1-9-8(13)6-2-4-7(5-3-6)10(11)12/h2-5H,1H3,(H,9,13). The van der Waals surface area contributed by atoms with Gasteiger partial charge in [0.25, 0.3) is 5.69 Å². The highest BCUT2D eigenvalue weighted by molar-refractivity contribution is 7.80. The summed E-state index contributed by atoms with van der Waals surface area (Å²) in [7, 11) is 1.71. The molecule has 0 aromatic heterocycles. The van der Waals surface area contributed by atoms with Crippen molar-refractivity contribution in [3.05, 3.63) is 39.9 Å². The predicted octanol–water partition coefficient (Wildman–Crippen LogP) is 1.49. The van der Waals surface area contributed by atoms with Crippen LogP contribution in [0.5, 0.6) is 0 Å². The number of benzene rings is 1. The van der Waals surface area contributed by atoms with Crippen molar-refractivity contribution in [2.75, 3.05) is 7.05 Å². The van der Waals surface area contributed by atoms with E-state index in [4.69, 9.17) is 12.2 Å². The van der Waals surface area contributed by atoms with Crippen LogP contribution in [0.2, 0.25) is 0 Å². The molecule has 0 spiro atoms. The van der Waals surface area contributed by atoms with Crippen LogP contribution in [0, 0.1) is 10.1 Å². The lowest BCUT2D eigenvalue weighted by Gasteiger charge is -2.00. The molecule has 0 fully saturated rings. The van der Waals surface area contributed by atoms with Gasteiger partial charge in [0.1, 0.15) is 4.99 Å². The van der Waals surface area contributed by atoms with Crippen molar-refractivity contribution in [3.8, 4) is 0 Å². The molecule has 0 aliphatic carbocycles. The molecule has 0 unspecified atom stereocenters. The maximum atomic E-state index is 10.3. The fourth-order valence-corrected chi connectivity index (χ4v) is 1.01. The van der Waals surface area contributed by atoms with Crippen LogP contribution < -0.4 is 5.32 Å². The minimum atomic E-state index is -0.438. The van der Waals surface area contributed by atoms with Crippen LogP contribution in [0.1, 0.15) is 5.56 Å². The fraction of sp³-hybridized carbons (Fsp3) is 0.125. The third-order valence-corrected chi connectivity index (χ3v) is 2.01. The Kier molecular flexibility index (Phi) is 2.92. The summed E-state index contributed by atoms with van der Waals surface area (Å²) in [6.07, 6.45) is 0. The van der Waals surface area contributed by atoms with Gasteiger partial charge in [-0.15, -0.1) is 0 Å². The van der Waals surface area contributed by atoms with Gasteiger partial charge in [-0.25, -0.2) is 0 Å². The molecule has 1 aromatic rings. The second-order valence-corrected chi connectivity index (χ2v) is 2.79. The molecule has 0 aliphatic rings. The first kappa shape index (κ1) is 9.60. The first-order valence-corrected chi connectivity index (χ1v) is 4.02. The maximum absolute atomic E-state index is 10.3. The van der Waals surface area contributed by atoms with Crippen molar-refractivity contribution in [2.24, 2.45) is 0 Å². The third-order valence-electron chi connectivity index (χ3n) is 1.57. The Morgan fingerprint density at radius 3 is 2.38 bits per heavy atom. The minimum absolute atomic E-state index is 0.0719. The Morgan fingerprint density at radius 1 is 1.46 bits per heavy atom. The van der Waals surface area contributed by atoms with Gasteiger partial charge in [-0.05, 0) is 12.1 Å². The summed E-state index contributed by atoms with van der Waals surface area (Å²) in [5.41, 5.74) is 0.853. The Bertz CT molecular complexity index is 335. The summed E-state index contributed by atoms with van der Waals surface area (Å²) in [4.78, 5) is 10.4. The maximum Gasteiger partial charge on any atom is 0.269 e. The van der Waals surface area contributed by atoms with E-state index in [2.05, 4.69) is 5.32 Å². The smallest absolute Gasteiger partial charge is 0.269 e. The molecule has 0 amide bonds. The Balaban J connectivity index is 2.93. The molecule has 0 saturated heterocycles. The molecule has 4 nitrogen and oxygen atoms in total. The van der Waals surface area contributed by atoms with Crippen LogP contribution in [0.3, 0.4) is 0 Å². The molecule has 5 heteroatoms. The lowest BCUT2D eigenvalue weighted by molar-refractivity contribution is -0.384. The molecule has 0 saturated carbocycles. The molecule has 0 radical (unpaired) electrons. The predicted molar refractivity (Wildman–Crippen MR) is 53.9 cm³/mol. The summed E-state index contributed by atoms with van der Waals surface area (Å²) >= 11 is 4.95. The van der Waals surface area contributed by atoms with Crippen LogP contribution in [-0.4, -0.2) is 17.0 Å². The molecule has 0 bridgehead atoms. The zero-order chi connectivity index (χ0) is 9.84. The molecule has 1 aromatic carbocycles. The summed E-state index contributed by atoms with van der Waals surface area (Å²) in [6.45, 7) is 0. The Morgan fingerprint density at radius 2 is 2.00 bits per heavy atom. The van der Waals surface area contributed by atoms with Gasteiger partial charge in [-0.3, -0.25) is 10.1 Å². The number of hydrogen-bond donors (Lipinski definition) is 1. The van der Waals surface area contributed by atoms with Gasteiger partial charge in [0.2, 0.25) is 0 Å². The number of nitrogens with one attached hydrogen (secondary N) is 1. The van der Waals surface area contributed by atoms with E-state index in [0.29, 0.717) is 4.99 Å². The zero-order valence-corrected chi connectivity index (χ0v) is 7.80. The Labute approximate surface area is 80.7 Å². The topological polar surface area (TPSA) is 55.2 Å². The van der Waals surface area contributed by atoms with E-state index >= 15 is 0 Å². The van der Waals surface area contributed by atoms with E-state index in [9.17, 15) is 10.1 Å². The number of nitro groups is 1. The number of hydrogen-bond acceptors (Lipinski definition) is 3. The second-order valence-electron chi connectivity index (χ2n) is 2.38. The molecule has 0 aliphatic heterocycles. The lowest BCUT2D eigenvalue weighted by atomic mass is 10.2. The fourth-order valence-electron chi connectivity index (χ4n) is 0.879. The quantitative estimate of drug-likeness (QED) is 0.442. The van der Waals surface area contributed by atoms with Crippen molar-refractivity contribution in [1.82, 2.24) is 5.32 Å². The van der Waals surface area contributed by atoms with Crippen LogP contribution >= 0.6 is 12.2 Å². The highest BCUT2D eigenvalue weighted by Crippen LogP contribution is 2.11. The van der Waals surface area contributed by atoms with Crippen LogP contribution in [-0.2, 0) is 0 Å². The Hall–Kier alpha value is -1.49. The summed E-state index contributed by atoms with van der Waals surface area (Å²) in [5, 5.41) is 13.1. The van der Waals surface area contributed by atoms with Gasteiger partial charge in [-0.1, -0.05) is 12.2 Å². The van der Waals surface area contributed by atoms with Gasteiger partial charge in [0.15, 0.2) is 0 Å². The molecule has 0 heterocycles. The molecular formula is C8H8N2O2S. The van der Waals surface area contributed by atoms with Crippen LogP contribution in [0.4, 0.5) is 5.69 Å². The van der Waals surface area contributed by atoms with E-state index in [-0.39, 0.29) is 5.69 Å². The van der Waals surface area contributed by atoms with Crippen molar-refractivity contribution in [3.63, 3.8) is 0 Å². The van der Waals surface area contributed by atoms with Gasteiger partial charge < -0.3 is 5.32 Å². The molecular weight excluding hydrogens is 188 g/mol. The molecule has 68 valence electrons. The number of nitrogens with zero attached hydrogens (tertiary/aromatic N) is 1. The summed E-state index contributed by atoms with van der Waals surface area (Å²) in [6, 6.07) is 6.10. The number of non-ortho nitro benzene ring substituents is 1. The largest absolute Gasteiger partial charge is 0.379 e. The highest BCUT2D eigenvalue weighted by atomic mass is 32.1. The molecule has 1 N–H and O–H groups in total. The molecule has 1 rings (SSSR count). The minimum Gasteiger partial charge on any atom is -0.379 e. The summed E-state index contributed by atoms with van der Waals surface area (Å²) in [5.74, 6) is 0. The van der Waals surface area contributed by atoms with E-state index in [1.165, 1.54) is 12.1 Å². The second kappa shape index (κ2) is 3.95. The average Bonchev–Trinajstić information content (AvgIpc) is 2.17. The molecule has 0 atom stereocenters. The SMILES string of the molecule is CNC(=S)c1ccc([N+](=O)[O-])cc1. The number of thiocarbonyl (C=S) groups is 1. The van der Waals surface area contributed by atoms with Gasteiger partial charge >= 0.3 is 0 Å². The zero-order valence-electron chi connectivity index (χ0n) is 6.98. The average molecular weight is 196 g/mol.